The van der Waals surface area contributed by atoms with Crippen LogP contribution in [0.5, 0.6) is 0 Å². The Morgan fingerprint density at radius 2 is 1.81 bits per heavy atom. The second-order valence-corrected chi connectivity index (χ2v) is 9.99. The van der Waals surface area contributed by atoms with Gasteiger partial charge in [0.05, 0.1) is 23.2 Å². The number of hydrogen-bond acceptors (Lipinski definition) is 5. The van der Waals surface area contributed by atoms with Crippen LogP contribution >= 0.6 is 23.2 Å². The van der Waals surface area contributed by atoms with E-state index in [9.17, 15) is 22.8 Å². The minimum absolute atomic E-state index is 0.0190. The lowest BCUT2D eigenvalue weighted by atomic mass is 10.1. The molecule has 0 aliphatic rings. The van der Waals surface area contributed by atoms with Crippen molar-refractivity contribution in [3.63, 3.8) is 0 Å². The Labute approximate surface area is 194 Å². The smallest absolute Gasteiger partial charge is 0.296 e. The molecule has 1 N–H and O–H groups in total. The minimum atomic E-state index is -3.78. The summed E-state index contributed by atoms with van der Waals surface area (Å²) in [5.74, 6) is -0.994. The van der Waals surface area contributed by atoms with Crippen LogP contribution in [0.25, 0.3) is 10.9 Å². The number of benzene rings is 2. The predicted octanol–water partition coefficient (Wildman–Crippen LogP) is 2.92. The van der Waals surface area contributed by atoms with Gasteiger partial charge in [0.25, 0.3) is 11.5 Å². The molecule has 0 radical (unpaired) electrons. The molecule has 0 saturated carbocycles. The molecule has 0 bridgehead atoms. The summed E-state index contributed by atoms with van der Waals surface area (Å²) in [5.41, 5.74) is -0.399. The minimum Gasteiger partial charge on any atom is -0.296 e. The molecule has 11 heteroatoms. The number of carbonyl (C=O) groups is 1. The first kappa shape index (κ1) is 24.0. The van der Waals surface area contributed by atoms with Crippen LogP contribution in [0.4, 0.5) is 0 Å². The Hall–Kier alpha value is -2.62. The van der Waals surface area contributed by atoms with Crippen molar-refractivity contribution in [2.45, 2.75) is 26.3 Å². The largest absolute Gasteiger partial charge is 0.331 e. The van der Waals surface area contributed by atoms with Crippen LogP contribution in [0.1, 0.15) is 35.7 Å². The topological polar surface area (TPSA) is 107 Å². The van der Waals surface area contributed by atoms with E-state index in [0.29, 0.717) is 28.5 Å². The average molecular weight is 498 g/mol. The Balaban J connectivity index is 2.02. The molecule has 3 rings (SSSR count). The highest BCUT2D eigenvalue weighted by atomic mass is 35.5. The van der Waals surface area contributed by atoms with Crippen LogP contribution in [-0.2, 0) is 23.6 Å². The molecule has 0 aliphatic carbocycles. The number of nitrogens with zero attached hydrogens (tertiary/aromatic N) is 2. The SMILES string of the molecule is CCCCS(=O)(=O)NC(=O)c1ccc2c(=O)n(Cc3ccc(Cl)cc3Cl)c(=O)n(C)c2c1. The molecule has 3 aromatic rings. The number of nitrogens with one attached hydrogen (secondary N) is 1. The third-order valence-corrected chi connectivity index (χ3v) is 6.88. The molecule has 32 heavy (non-hydrogen) atoms. The molecule has 1 heterocycles. The lowest BCUT2D eigenvalue weighted by molar-refractivity contribution is 0.0981. The Morgan fingerprint density at radius 1 is 1.09 bits per heavy atom. The standard InChI is InChI=1S/C21H21Cl2N3O5S/c1-3-4-9-32(30,31)24-19(27)13-6-8-16-18(10-13)25(2)21(29)26(20(16)28)12-14-5-7-15(22)11-17(14)23/h5-8,10-11H,3-4,9,12H2,1-2H3,(H,24,27). The van der Waals surface area contributed by atoms with Crippen LogP contribution in [0.3, 0.4) is 0 Å². The molecule has 0 spiro atoms. The number of carbonyl (C=O) groups excluding carboxylic acids is 1. The van der Waals surface area contributed by atoms with Crippen molar-refractivity contribution in [1.82, 2.24) is 13.9 Å². The van der Waals surface area contributed by atoms with E-state index in [1.807, 2.05) is 11.6 Å². The molecule has 1 aromatic heterocycles. The van der Waals surface area contributed by atoms with Gasteiger partial charge in [0.2, 0.25) is 10.0 Å². The van der Waals surface area contributed by atoms with E-state index in [1.54, 1.807) is 12.1 Å². The number of fused-ring (bicyclic) bond motifs is 1. The molecule has 0 atom stereocenters. The first-order valence-corrected chi connectivity index (χ1v) is 12.2. The average Bonchev–Trinajstić information content (AvgIpc) is 2.74. The first-order chi connectivity index (χ1) is 15.0. The molecule has 8 nitrogen and oxygen atoms in total. The first-order valence-electron chi connectivity index (χ1n) is 9.76. The number of halogens is 2. The number of aryl methyl sites for hydroxylation is 1. The fraction of sp³-hybridized carbons (Fsp3) is 0.286. The maximum absolute atomic E-state index is 13.0. The third kappa shape index (κ3) is 5.06. The number of hydrogen-bond donors (Lipinski definition) is 1. The number of aromatic nitrogens is 2. The fourth-order valence-electron chi connectivity index (χ4n) is 3.19. The van der Waals surface area contributed by atoms with Crippen LogP contribution < -0.4 is 16.0 Å². The van der Waals surface area contributed by atoms with Gasteiger partial charge in [0.1, 0.15) is 0 Å². The van der Waals surface area contributed by atoms with Gasteiger partial charge in [-0.2, -0.15) is 0 Å². The van der Waals surface area contributed by atoms with Gasteiger partial charge in [-0.15, -0.1) is 0 Å². The van der Waals surface area contributed by atoms with E-state index in [0.717, 1.165) is 4.57 Å². The molecule has 0 unspecified atom stereocenters. The van der Waals surface area contributed by atoms with E-state index in [2.05, 4.69) is 0 Å². The second kappa shape index (κ2) is 9.48. The predicted molar refractivity (Wildman–Crippen MR) is 125 cm³/mol. The van der Waals surface area contributed by atoms with Crippen LogP contribution in [0.2, 0.25) is 10.0 Å². The summed E-state index contributed by atoms with van der Waals surface area (Å²) in [6.07, 6.45) is 1.09. The van der Waals surface area contributed by atoms with Crippen LogP contribution in [0.15, 0.2) is 46.0 Å². The Bertz CT molecular complexity index is 1430. The van der Waals surface area contributed by atoms with Gasteiger partial charge in [-0.05, 0) is 42.3 Å². The van der Waals surface area contributed by atoms with Gasteiger partial charge in [-0.1, -0.05) is 42.6 Å². The summed E-state index contributed by atoms with van der Waals surface area (Å²) >= 11 is 12.1. The molecule has 1 amide bonds. The quantitative estimate of drug-likeness (QED) is 0.539. The summed E-state index contributed by atoms with van der Waals surface area (Å²) in [4.78, 5) is 38.3. The number of rotatable bonds is 7. The van der Waals surface area contributed by atoms with Crippen molar-refractivity contribution in [1.29, 1.82) is 0 Å². The van der Waals surface area contributed by atoms with Crippen molar-refractivity contribution in [2.75, 3.05) is 5.75 Å². The molecule has 0 saturated heterocycles. The molecule has 2 aromatic carbocycles. The molecule has 170 valence electrons. The van der Waals surface area contributed by atoms with Crippen molar-refractivity contribution in [2.24, 2.45) is 7.05 Å². The zero-order valence-corrected chi connectivity index (χ0v) is 19.7. The van der Waals surface area contributed by atoms with E-state index >= 15 is 0 Å². The van der Waals surface area contributed by atoms with Crippen molar-refractivity contribution in [3.05, 3.63) is 78.4 Å². The van der Waals surface area contributed by atoms with Gasteiger partial charge >= 0.3 is 5.69 Å². The van der Waals surface area contributed by atoms with E-state index in [4.69, 9.17) is 23.2 Å². The van der Waals surface area contributed by atoms with Gasteiger partial charge in [0.15, 0.2) is 0 Å². The van der Waals surface area contributed by atoms with Crippen LogP contribution in [-0.4, -0.2) is 29.2 Å². The summed E-state index contributed by atoms with van der Waals surface area (Å²) in [7, 11) is -2.31. The third-order valence-electron chi connectivity index (χ3n) is 4.97. The highest BCUT2D eigenvalue weighted by Crippen LogP contribution is 2.21. The zero-order chi connectivity index (χ0) is 23.6. The van der Waals surface area contributed by atoms with Crippen LogP contribution in [0, 0.1) is 0 Å². The molecule has 0 aliphatic heterocycles. The number of unbranched alkanes of at least 4 members (excludes halogenated alkanes) is 1. The van der Waals surface area contributed by atoms with Gasteiger partial charge < -0.3 is 0 Å². The molecular weight excluding hydrogens is 477 g/mol. The van der Waals surface area contributed by atoms with E-state index in [-0.39, 0.29) is 28.8 Å². The van der Waals surface area contributed by atoms with Crippen molar-refractivity contribution < 1.29 is 13.2 Å². The van der Waals surface area contributed by atoms with Gasteiger partial charge in [0, 0.05) is 22.7 Å². The molecule has 0 fully saturated rings. The number of sulfonamides is 1. The van der Waals surface area contributed by atoms with Crippen molar-refractivity contribution in [3.8, 4) is 0 Å². The maximum atomic E-state index is 13.0. The van der Waals surface area contributed by atoms with E-state index in [1.165, 1.54) is 35.9 Å². The summed E-state index contributed by atoms with van der Waals surface area (Å²) in [6.45, 7) is 1.78. The van der Waals surface area contributed by atoms with Gasteiger partial charge in [-0.3, -0.25) is 18.7 Å². The summed E-state index contributed by atoms with van der Waals surface area (Å²) in [6, 6.07) is 8.83. The van der Waals surface area contributed by atoms with Gasteiger partial charge in [-0.25, -0.2) is 17.9 Å². The van der Waals surface area contributed by atoms with E-state index < -0.39 is 27.2 Å². The highest BCUT2D eigenvalue weighted by Gasteiger charge is 2.18. The Morgan fingerprint density at radius 3 is 2.47 bits per heavy atom. The fourth-order valence-corrected chi connectivity index (χ4v) is 4.83. The Kier molecular flexibility index (Phi) is 7.12. The van der Waals surface area contributed by atoms with Crippen molar-refractivity contribution >= 4 is 50.0 Å². The highest BCUT2D eigenvalue weighted by molar-refractivity contribution is 7.90. The monoisotopic (exact) mass is 497 g/mol. The molecular formula is C21H21Cl2N3O5S. The summed E-state index contributed by atoms with van der Waals surface area (Å²) < 4.78 is 28.3. The maximum Gasteiger partial charge on any atom is 0.331 e. The normalized spacial score (nSPS) is 11.6. The second-order valence-electron chi connectivity index (χ2n) is 7.30. The number of amides is 1. The zero-order valence-electron chi connectivity index (χ0n) is 17.4. The lowest BCUT2D eigenvalue weighted by Crippen LogP contribution is -2.39. The lowest BCUT2D eigenvalue weighted by Gasteiger charge is -2.13. The summed E-state index contributed by atoms with van der Waals surface area (Å²) in [5, 5.41) is 0.949.